The molecule has 1 rings (SSSR count). The average molecular weight is 249 g/mol. The van der Waals surface area contributed by atoms with Crippen LogP contribution >= 0.6 is 0 Å². The monoisotopic (exact) mass is 249 g/mol. The van der Waals surface area contributed by atoms with E-state index >= 15 is 0 Å². The second-order valence-corrected chi connectivity index (χ2v) is 5.04. The zero-order valence-corrected chi connectivity index (χ0v) is 12.0. The summed E-state index contributed by atoms with van der Waals surface area (Å²) < 4.78 is 0. The van der Waals surface area contributed by atoms with Crippen molar-refractivity contribution in [1.82, 2.24) is 9.80 Å². The van der Waals surface area contributed by atoms with Gasteiger partial charge in [0.1, 0.15) is 0 Å². The Hall–Kier alpha value is -1.06. The third-order valence-electron chi connectivity index (χ3n) is 3.28. The third-order valence-corrected chi connectivity index (χ3v) is 3.28. The molecule has 0 aliphatic heterocycles. The quantitative estimate of drug-likeness (QED) is 0.716. The largest absolute Gasteiger partial charge is 0.399 e. The molecule has 0 bridgehead atoms. The first-order valence-corrected chi connectivity index (χ1v) is 6.84. The van der Waals surface area contributed by atoms with Gasteiger partial charge in [-0.25, -0.2) is 0 Å². The van der Waals surface area contributed by atoms with Crippen molar-refractivity contribution in [2.45, 2.75) is 19.8 Å². The molecule has 0 spiro atoms. The van der Waals surface area contributed by atoms with Gasteiger partial charge in [0.05, 0.1) is 0 Å². The summed E-state index contributed by atoms with van der Waals surface area (Å²) in [6, 6.07) is 8.17. The van der Waals surface area contributed by atoms with Crippen LogP contribution in [0.1, 0.15) is 18.9 Å². The van der Waals surface area contributed by atoms with E-state index in [0.717, 1.165) is 31.7 Å². The minimum Gasteiger partial charge on any atom is -0.399 e. The van der Waals surface area contributed by atoms with Gasteiger partial charge in [-0.2, -0.15) is 0 Å². The molecule has 18 heavy (non-hydrogen) atoms. The lowest BCUT2D eigenvalue weighted by atomic mass is 10.1. The van der Waals surface area contributed by atoms with Crippen LogP contribution < -0.4 is 5.73 Å². The number of para-hydroxylation sites is 1. The second-order valence-electron chi connectivity index (χ2n) is 5.04. The lowest BCUT2D eigenvalue weighted by molar-refractivity contribution is 0.269. The standard InChI is InChI=1S/C15H27N3/c1-4-18(12-7-11-17(2)3)13-10-14-8-5-6-9-15(14)16/h5-6,8-9H,4,7,10-13,16H2,1-3H3. The number of anilines is 1. The summed E-state index contributed by atoms with van der Waals surface area (Å²) in [7, 11) is 4.25. The molecule has 0 aliphatic carbocycles. The van der Waals surface area contributed by atoms with Crippen LogP contribution in [0.15, 0.2) is 24.3 Å². The fourth-order valence-electron chi connectivity index (χ4n) is 2.08. The SMILES string of the molecule is CCN(CCCN(C)C)CCc1ccccc1N. The summed E-state index contributed by atoms with van der Waals surface area (Å²) in [6.45, 7) is 6.76. The molecule has 102 valence electrons. The zero-order chi connectivity index (χ0) is 13.4. The number of hydrogen-bond donors (Lipinski definition) is 1. The molecular formula is C15H27N3. The minimum absolute atomic E-state index is 0.918. The van der Waals surface area contributed by atoms with Crippen molar-refractivity contribution >= 4 is 5.69 Å². The summed E-state index contributed by atoms with van der Waals surface area (Å²) in [5, 5.41) is 0. The van der Waals surface area contributed by atoms with Gasteiger partial charge in [0.15, 0.2) is 0 Å². The molecule has 0 amide bonds. The smallest absolute Gasteiger partial charge is 0.0347 e. The van der Waals surface area contributed by atoms with E-state index in [1.165, 1.54) is 18.5 Å². The number of benzene rings is 1. The third kappa shape index (κ3) is 5.52. The molecule has 0 unspecified atom stereocenters. The van der Waals surface area contributed by atoms with Crippen molar-refractivity contribution < 1.29 is 0 Å². The van der Waals surface area contributed by atoms with Gasteiger partial charge < -0.3 is 15.5 Å². The summed E-state index contributed by atoms with van der Waals surface area (Å²) in [6.07, 6.45) is 2.27. The Morgan fingerprint density at radius 1 is 1.06 bits per heavy atom. The second kappa shape index (κ2) is 8.11. The molecular weight excluding hydrogens is 222 g/mol. The maximum absolute atomic E-state index is 5.96. The molecule has 3 nitrogen and oxygen atoms in total. The normalized spacial score (nSPS) is 11.4. The molecule has 2 N–H and O–H groups in total. The number of hydrogen-bond acceptors (Lipinski definition) is 3. The zero-order valence-electron chi connectivity index (χ0n) is 12.0. The van der Waals surface area contributed by atoms with E-state index in [0.29, 0.717) is 0 Å². The maximum Gasteiger partial charge on any atom is 0.0347 e. The summed E-state index contributed by atoms with van der Waals surface area (Å²) in [5.41, 5.74) is 8.15. The molecule has 0 atom stereocenters. The highest BCUT2D eigenvalue weighted by molar-refractivity contribution is 5.46. The van der Waals surface area contributed by atoms with Crippen molar-refractivity contribution in [2.24, 2.45) is 0 Å². The molecule has 0 saturated carbocycles. The molecule has 0 aliphatic rings. The van der Waals surface area contributed by atoms with Crippen molar-refractivity contribution in [1.29, 1.82) is 0 Å². The van der Waals surface area contributed by atoms with Crippen LogP contribution in [-0.2, 0) is 6.42 Å². The Morgan fingerprint density at radius 3 is 2.39 bits per heavy atom. The topological polar surface area (TPSA) is 32.5 Å². The van der Waals surface area contributed by atoms with Crippen molar-refractivity contribution in [3.63, 3.8) is 0 Å². The molecule has 0 saturated heterocycles. The number of likely N-dealkylation sites (N-methyl/N-ethyl adjacent to an activating group) is 1. The fourth-order valence-corrected chi connectivity index (χ4v) is 2.08. The van der Waals surface area contributed by atoms with Gasteiger partial charge in [-0.15, -0.1) is 0 Å². The first kappa shape index (κ1) is 15.0. The van der Waals surface area contributed by atoms with Gasteiger partial charge in [-0.1, -0.05) is 25.1 Å². The highest BCUT2D eigenvalue weighted by Crippen LogP contribution is 2.11. The lowest BCUT2D eigenvalue weighted by Gasteiger charge is -2.21. The van der Waals surface area contributed by atoms with Crippen LogP contribution in [-0.4, -0.2) is 50.1 Å². The van der Waals surface area contributed by atoms with Gasteiger partial charge >= 0.3 is 0 Å². The highest BCUT2D eigenvalue weighted by atomic mass is 15.1. The van der Waals surface area contributed by atoms with E-state index in [1.807, 2.05) is 12.1 Å². The average Bonchev–Trinajstić information content (AvgIpc) is 2.35. The Bertz CT molecular complexity index is 336. The van der Waals surface area contributed by atoms with E-state index in [1.54, 1.807) is 0 Å². The van der Waals surface area contributed by atoms with Crippen molar-refractivity contribution in [3.8, 4) is 0 Å². The maximum atomic E-state index is 5.96. The molecule has 3 heteroatoms. The Balaban J connectivity index is 2.33. The van der Waals surface area contributed by atoms with Crippen LogP contribution in [0.25, 0.3) is 0 Å². The Labute approximate surface area is 112 Å². The number of nitrogens with two attached hydrogens (primary N) is 1. The molecule has 0 fully saturated rings. The van der Waals surface area contributed by atoms with Crippen molar-refractivity contribution in [3.05, 3.63) is 29.8 Å². The summed E-state index contributed by atoms with van der Waals surface area (Å²) >= 11 is 0. The predicted octanol–water partition coefficient (Wildman–Crippen LogP) is 2.08. The predicted molar refractivity (Wildman–Crippen MR) is 79.8 cm³/mol. The van der Waals surface area contributed by atoms with E-state index in [4.69, 9.17) is 5.73 Å². The fraction of sp³-hybridized carbons (Fsp3) is 0.600. The molecule has 1 aromatic carbocycles. The molecule has 1 aromatic rings. The number of nitrogen functional groups attached to an aromatic ring is 1. The highest BCUT2D eigenvalue weighted by Gasteiger charge is 2.04. The van der Waals surface area contributed by atoms with Crippen LogP contribution in [0.5, 0.6) is 0 Å². The summed E-state index contributed by atoms with van der Waals surface area (Å²) in [5.74, 6) is 0. The number of rotatable bonds is 8. The van der Waals surface area contributed by atoms with E-state index < -0.39 is 0 Å². The first-order valence-electron chi connectivity index (χ1n) is 6.84. The number of nitrogens with zero attached hydrogens (tertiary/aromatic N) is 2. The molecule has 0 radical (unpaired) electrons. The Morgan fingerprint density at radius 2 is 1.78 bits per heavy atom. The van der Waals surface area contributed by atoms with Crippen LogP contribution in [0, 0.1) is 0 Å². The van der Waals surface area contributed by atoms with Gasteiger partial charge in [0.2, 0.25) is 0 Å². The Kier molecular flexibility index (Phi) is 6.76. The van der Waals surface area contributed by atoms with Gasteiger partial charge in [0, 0.05) is 12.2 Å². The lowest BCUT2D eigenvalue weighted by Crippen LogP contribution is -2.29. The van der Waals surface area contributed by atoms with E-state index in [2.05, 4.69) is 43.0 Å². The van der Waals surface area contributed by atoms with Crippen molar-refractivity contribution in [2.75, 3.05) is 46.0 Å². The van der Waals surface area contributed by atoms with E-state index in [9.17, 15) is 0 Å². The summed E-state index contributed by atoms with van der Waals surface area (Å²) in [4.78, 5) is 4.74. The van der Waals surface area contributed by atoms with Crippen LogP contribution in [0.3, 0.4) is 0 Å². The van der Waals surface area contributed by atoms with E-state index in [-0.39, 0.29) is 0 Å². The van der Waals surface area contributed by atoms with Gasteiger partial charge in [0.25, 0.3) is 0 Å². The minimum atomic E-state index is 0.918. The molecule has 0 heterocycles. The van der Waals surface area contributed by atoms with Crippen LogP contribution in [0.4, 0.5) is 5.69 Å². The van der Waals surface area contributed by atoms with Gasteiger partial charge in [-0.3, -0.25) is 0 Å². The van der Waals surface area contributed by atoms with Crippen LogP contribution in [0.2, 0.25) is 0 Å². The molecule has 0 aromatic heterocycles. The van der Waals surface area contributed by atoms with Gasteiger partial charge in [-0.05, 0) is 58.2 Å². The first-order chi connectivity index (χ1) is 8.63.